The number of ether oxygens (including phenoxy) is 2. The minimum absolute atomic E-state index is 0.609. The zero-order chi connectivity index (χ0) is 18.9. The number of nitriles is 2. The highest BCUT2D eigenvalue weighted by molar-refractivity contribution is 6.15. The Kier molecular flexibility index (Phi) is 4.40. The molecular formula is C15H8F3N3O4. The lowest BCUT2D eigenvalue weighted by atomic mass is 10.1. The quantitative estimate of drug-likeness (QED) is 0.375. The van der Waals surface area contributed by atoms with Gasteiger partial charge >= 0.3 is 11.9 Å². The molecule has 2 rings (SSSR count). The summed E-state index contributed by atoms with van der Waals surface area (Å²) in [7, 11) is 0. The fourth-order valence-corrected chi connectivity index (χ4v) is 1.92. The normalized spacial score (nSPS) is 15.6. The molecule has 0 aliphatic carbocycles. The van der Waals surface area contributed by atoms with Crippen molar-refractivity contribution < 1.29 is 32.2 Å². The van der Waals surface area contributed by atoms with Crippen molar-refractivity contribution in [3.63, 3.8) is 0 Å². The van der Waals surface area contributed by atoms with Crippen molar-refractivity contribution in [2.24, 2.45) is 0 Å². The largest absolute Gasteiger partial charge is 0.419 e. The summed E-state index contributed by atoms with van der Waals surface area (Å²) in [4.78, 5) is 23.5. The van der Waals surface area contributed by atoms with E-state index < -0.39 is 57.6 Å². The number of benzene rings is 1. The third-order valence-corrected chi connectivity index (χ3v) is 3.02. The smallest absolute Gasteiger partial charge is 0.350 e. The van der Waals surface area contributed by atoms with E-state index in [9.17, 15) is 22.8 Å². The highest BCUT2D eigenvalue weighted by Gasteiger charge is 2.39. The Balaban J connectivity index is 2.50. The molecule has 0 aromatic heterocycles. The number of cyclic esters (lactones) is 2. The van der Waals surface area contributed by atoms with E-state index in [0.29, 0.717) is 6.20 Å². The molecule has 1 aliphatic rings. The van der Waals surface area contributed by atoms with Crippen LogP contribution in [-0.4, -0.2) is 17.7 Å². The minimum Gasteiger partial charge on any atom is -0.419 e. The number of nitrogens with one attached hydrogen (secondary N) is 1. The van der Waals surface area contributed by atoms with E-state index in [1.54, 1.807) is 0 Å². The highest BCUT2D eigenvalue weighted by Crippen LogP contribution is 2.29. The molecule has 10 heteroatoms. The molecule has 1 N–H and O–H groups in total. The molecule has 7 nitrogen and oxygen atoms in total. The molecule has 1 aromatic rings. The predicted molar refractivity (Wildman–Crippen MR) is 73.7 cm³/mol. The zero-order valence-corrected chi connectivity index (χ0v) is 12.7. The molecule has 0 bridgehead atoms. The number of halogens is 3. The molecule has 128 valence electrons. The van der Waals surface area contributed by atoms with Crippen LogP contribution in [-0.2, 0) is 19.1 Å². The highest BCUT2D eigenvalue weighted by atomic mass is 19.2. The van der Waals surface area contributed by atoms with Crippen molar-refractivity contribution in [1.82, 2.24) is 0 Å². The summed E-state index contributed by atoms with van der Waals surface area (Å²) >= 11 is 0. The molecular weight excluding hydrogens is 343 g/mol. The summed E-state index contributed by atoms with van der Waals surface area (Å²) in [5, 5.41) is 19.6. The first-order valence-corrected chi connectivity index (χ1v) is 6.57. The lowest BCUT2D eigenvalue weighted by Gasteiger charge is -2.29. The van der Waals surface area contributed by atoms with Gasteiger partial charge in [-0.05, 0) is 0 Å². The summed E-state index contributed by atoms with van der Waals surface area (Å²) in [6.45, 7) is 2.60. The molecule has 0 spiro atoms. The Labute approximate surface area is 138 Å². The molecule has 0 saturated carbocycles. The third-order valence-electron chi connectivity index (χ3n) is 3.02. The van der Waals surface area contributed by atoms with Gasteiger partial charge in [-0.3, -0.25) is 0 Å². The number of carbonyl (C=O) groups excluding carboxylic acids is 2. The van der Waals surface area contributed by atoms with Gasteiger partial charge in [-0.15, -0.1) is 0 Å². The second-order valence-corrected chi connectivity index (χ2v) is 5.17. The van der Waals surface area contributed by atoms with E-state index >= 15 is 0 Å². The van der Waals surface area contributed by atoms with Crippen molar-refractivity contribution in [2.45, 2.75) is 19.6 Å². The molecule has 1 heterocycles. The van der Waals surface area contributed by atoms with Crippen LogP contribution in [0.3, 0.4) is 0 Å². The van der Waals surface area contributed by atoms with Crippen LogP contribution in [0.4, 0.5) is 18.9 Å². The van der Waals surface area contributed by atoms with E-state index in [-0.39, 0.29) is 0 Å². The summed E-state index contributed by atoms with van der Waals surface area (Å²) in [6.07, 6.45) is 0.609. The maximum absolute atomic E-state index is 14.1. The van der Waals surface area contributed by atoms with Gasteiger partial charge in [0, 0.05) is 20.0 Å². The number of anilines is 1. The summed E-state index contributed by atoms with van der Waals surface area (Å²) in [5.41, 5.74) is -3.97. The second-order valence-electron chi connectivity index (χ2n) is 5.17. The fraction of sp³-hybridized carbons (Fsp3) is 0.200. The number of hydrogen-bond acceptors (Lipinski definition) is 7. The molecule has 1 aliphatic heterocycles. The van der Waals surface area contributed by atoms with Crippen molar-refractivity contribution in [2.75, 3.05) is 5.32 Å². The summed E-state index contributed by atoms with van der Waals surface area (Å²) in [5.74, 6) is -8.88. The van der Waals surface area contributed by atoms with Gasteiger partial charge in [0.05, 0.1) is 5.69 Å². The number of rotatable bonds is 2. The van der Waals surface area contributed by atoms with Crippen LogP contribution in [0.25, 0.3) is 0 Å². The van der Waals surface area contributed by atoms with Crippen molar-refractivity contribution in [3.05, 3.63) is 40.4 Å². The Hall–Kier alpha value is -3.53. The topological polar surface area (TPSA) is 112 Å². The third kappa shape index (κ3) is 3.10. The molecule has 1 saturated heterocycles. The molecule has 1 aromatic carbocycles. The first kappa shape index (κ1) is 17.8. The monoisotopic (exact) mass is 351 g/mol. The van der Waals surface area contributed by atoms with Gasteiger partial charge in [-0.1, -0.05) is 0 Å². The van der Waals surface area contributed by atoms with Crippen molar-refractivity contribution >= 4 is 17.6 Å². The summed E-state index contributed by atoms with van der Waals surface area (Å²) in [6, 6.07) is 2.35. The average Bonchev–Trinajstić information content (AvgIpc) is 2.50. The maximum atomic E-state index is 14.1. The number of esters is 2. The minimum atomic E-state index is -1.83. The molecule has 25 heavy (non-hydrogen) atoms. The number of nitrogens with zero attached hydrogens (tertiary/aromatic N) is 2. The number of carbonyl (C=O) groups is 2. The lowest BCUT2D eigenvalue weighted by molar-refractivity contribution is -0.222. The van der Waals surface area contributed by atoms with Gasteiger partial charge in [0.15, 0.2) is 23.0 Å². The van der Waals surface area contributed by atoms with Crippen LogP contribution in [0, 0.1) is 40.1 Å². The van der Waals surface area contributed by atoms with Crippen LogP contribution in [0.5, 0.6) is 0 Å². The fourth-order valence-electron chi connectivity index (χ4n) is 1.92. The van der Waals surface area contributed by atoms with Gasteiger partial charge in [0.2, 0.25) is 0 Å². The average molecular weight is 351 g/mol. The van der Waals surface area contributed by atoms with E-state index in [4.69, 9.17) is 20.0 Å². The molecule has 0 unspecified atom stereocenters. The van der Waals surface area contributed by atoms with Crippen molar-refractivity contribution in [1.29, 1.82) is 10.5 Å². The Morgan fingerprint density at radius 1 is 0.960 bits per heavy atom. The van der Waals surface area contributed by atoms with Gasteiger partial charge in [-0.2, -0.15) is 10.5 Å². The summed E-state index contributed by atoms with van der Waals surface area (Å²) < 4.78 is 51.0. The zero-order valence-electron chi connectivity index (χ0n) is 12.7. The van der Waals surface area contributed by atoms with E-state index in [2.05, 4.69) is 0 Å². The Morgan fingerprint density at radius 3 is 1.92 bits per heavy atom. The first-order valence-electron chi connectivity index (χ1n) is 6.57. The molecule has 0 atom stereocenters. The molecule has 1 fully saturated rings. The lowest BCUT2D eigenvalue weighted by Crippen LogP contribution is -2.42. The second kappa shape index (κ2) is 6.17. The predicted octanol–water partition coefficient (Wildman–Crippen LogP) is 1.98. The first-order chi connectivity index (χ1) is 11.6. The maximum Gasteiger partial charge on any atom is 0.350 e. The van der Waals surface area contributed by atoms with Crippen molar-refractivity contribution in [3.8, 4) is 12.1 Å². The van der Waals surface area contributed by atoms with Crippen LogP contribution >= 0.6 is 0 Å². The number of hydrogen-bond donors (Lipinski definition) is 1. The Bertz CT molecular complexity index is 888. The molecule has 0 radical (unpaired) electrons. The van der Waals surface area contributed by atoms with Gasteiger partial charge in [0.1, 0.15) is 23.3 Å². The van der Waals surface area contributed by atoms with Crippen LogP contribution in [0.1, 0.15) is 25.0 Å². The van der Waals surface area contributed by atoms with Gasteiger partial charge in [-0.25, -0.2) is 22.8 Å². The van der Waals surface area contributed by atoms with Crippen LogP contribution in [0.15, 0.2) is 11.8 Å². The van der Waals surface area contributed by atoms with E-state index in [1.165, 1.54) is 19.9 Å². The van der Waals surface area contributed by atoms with E-state index in [0.717, 1.165) is 6.07 Å². The van der Waals surface area contributed by atoms with Gasteiger partial charge in [0.25, 0.3) is 5.79 Å². The standard InChI is InChI=1S/C15H8F3N3O4/c1-15(2)24-13(22)8(14(23)25-15)5-21-12-7(4-20)10(17)9(16)6(3-19)11(12)18/h5,21H,1-2H3. The SMILES string of the molecule is CC1(C)OC(=O)C(=CNc2c(F)c(C#N)c(F)c(F)c2C#N)C(=O)O1. The van der Waals surface area contributed by atoms with Crippen LogP contribution < -0.4 is 5.32 Å². The van der Waals surface area contributed by atoms with Gasteiger partial charge < -0.3 is 14.8 Å². The molecule has 0 amide bonds. The van der Waals surface area contributed by atoms with Crippen LogP contribution in [0.2, 0.25) is 0 Å². The van der Waals surface area contributed by atoms with E-state index in [1.807, 2.05) is 5.32 Å². The Morgan fingerprint density at radius 2 is 1.44 bits per heavy atom.